The summed E-state index contributed by atoms with van der Waals surface area (Å²) in [4.78, 5) is 16.4. The topological polar surface area (TPSA) is 23.6 Å². The second kappa shape index (κ2) is 4.94. The maximum absolute atomic E-state index is 12.3. The Labute approximate surface area is 116 Å². The number of likely N-dealkylation sites (N-methyl/N-ethyl adjacent to an activating group) is 1. The van der Waals surface area contributed by atoms with E-state index in [9.17, 15) is 4.79 Å². The number of carbonyl (C=O) groups is 1. The van der Waals surface area contributed by atoms with Crippen molar-refractivity contribution >= 4 is 28.5 Å². The summed E-state index contributed by atoms with van der Waals surface area (Å²) in [6.07, 6.45) is 0. The number of carbonyl (C=O) groups excluding carboxylic acids is 1. The van der Waals surface area contributed by atoms with Gasteiger partial charge < -0.3 is 9.80 Å². The third-order valence-corrected chi connectivity index (χ3v) is 4.73. The fourth-order valence-electron chi connectivity index (χ4n) is 1.93. The van der Waals surface area contributed by atoms with E-state index >= 15 is 0 Å². The van der Waals surface area contributed by atoms with Crippen LogP contribution in [0, 0.1) is 10.5 Å². The van der Waals surface area contributed by atoms with Gasteiger partial charge >= 0.3 is 0 Å². The van der Waals surface area contributed by atoms with Crippen molar-refractivity contribution in [1.29, 1.82) is 0 Å². The van der Waals surface area contributed by atoms with Crippen molar-refractivity contribution in [1.82, 2.24) is 9.80 Å². The predicted octanol–water partition coefficient (Wildman–Crippen LogP) is 1.99. The van der Waals surface area contributed by atoms with Crippen LogP contribution in [-0.4, -0.2) is 48.9 Å². The molecule has 0 N–H and O–H groups in total. The summed E-state index contributed by atoms with van der Waals surface area (Å²) >= 11 is 2.25. The zero-order chi connectivity index (χ0) is 12.6. The Morgan fingerprint density at radius 2 is 2.06 bits per heavy atom. The average Bonchev–Trinajstić information content (AvgIpc) is 2.19. The third-order valence-electron chi connectivity index (χ3n) is 3.30. The van der Waals surface area contributed by atoms with Crippen molar-refractivity contribution in [3.63, 3.8) is 0 Å². The summed E-state index contributed by atoms with van der Waals surface area (Å²) in [6, 6.07) is 6.42. The van der Waals surface area contributed by atoms with E-state index in [4.69, 9.17) is 0 Å². The van der Waals surface area contributed by atoms with Crippen LogP contribution >= 0.6 is 22.6 Å². The van der Waals surface area contributed by atoms with E-state index in [2.05, 4.69) is 41.6 Å². The average molecular weight is 344 g/mol. The molecule has 1 aromatic rings. The van der Waals surface area contributed by atoms with Gasteiger partial charge in [-0.1, -0.05) is 12.1 Å². The highest BCUT2D eigenvalue weighted by molar-refractivity contribution is 14.1. The molecule has 1 aromatic carbocycles. The molecule has 0 spiro atoms. The van der Waals surface area contributed by atoms with Crippen LogP contribution in [0.15, 0.2) is 18.2 Å². The minimum absolute atomic E-state index is 0.163. The van der Waals surface area contributed by atoms with Crippen LogP contribution in [0.4, 0.5) is 0 Å². The van der Waals surface area contributed by atoms with E-state index in [0.29, 0.717) is 6.04 Å². The van der Waals surface area contributed by atoms with Gasteiger partial charge in [-0.25, -0.2) is 0 Å². The molecule has 1 aliphatic rings. The molecule has 0 aromatic heterocycles. The first-order valence-electron chi connectivity index (χ1n) is 5.71. The van der Waals surface area contributed by atoms with Crippen molar-refractivity contribution in [2.24, 2.45) is 0 Å². The second-order valence-electron chi connectivity index (χ2n) is 4.76. The van der Waals surface area contributed by atoms with Crippen molar-refractivity contribution in [3.8, 4) is 0 Å². The zero-order valence-electron chi connectivity index (χ0n) is 10.4. The van der Waals surface area contributed by atoms with Gasteiger partial charge in [0.1, 0.15) is 0 Å². The number of amides is 1. The molecular formula is C13H17IN2O. The molecule has 17 heavy (non-hydrogen) atoms. The zero-order valence-corrected chi connectivity index (χ0v) is 12.6. The molecule has 0 radical (unpaired) electrons. The Bertz CT molecular complexity index is 439. The summed E-state index contributed by atoms with van der Waals surface area (Å²) in [6.45, 7) is 3.73. The minimum atomic E-state index is 0.163. The molecule has 2 rings (SSSR count). The van der Waals surface area contributed by atoms with Crippen LogP contribution in [0.3, 0.4) is 0 Å². The highest BCUT2D eigenvalue weighted by atomic mass is 127. The lowest BCUT2D eigenvalue weighted by atomic mass is 10.0. The monoisotopic (exact) mass is 344 g/mol. The van der Waals surface area contributed by atoms with E-state index in [1.165, 1.54) is 5.56 Å². The lowest BCUT2D eigenvalue weighted by Crippen LogP contribution is -2.59. The number of hydrogen-bond donors (Lipinski definition) is 0. The first-order chi connectivity index (χ1) is 8.00. The highest BCUT2D eigenvalue weighted by Gasteiger charge is 2.33. The number of likely N-dealkylation sites (tertiary alicyclic amines) is 1. The molecule has 0 aliphatic carbocycles. The quantitative estimate of drug-likeness (QED) is 0.766. The van der Waals surface area contributed by atoms with Crippen LogP contribution in [0.5, 0.6) is 0 Å². The molecule has 1 saturated heterocycles. The molecule has 4 heteroatoms. The van der Waals surface area contributed by atoms with Crippen molar-refractivity contribution in [2.45, 2.75) is 13.0 Å². The second-order valence-corrected chi connectivity index (χ2v) is 5.84. The first kappa shape index (κ1) is 12.8. The standard InChI is InChI=1S/C13H17IN2O/c1-9-5-4-6-11(12(9)14)13(17)16-7-10(8-16)15(2)3/h4-6,10H,7-8H2,1-3H3. The predicted molar refractivity (Wildman–Crippen MR) is 77.3 cm³/mol. The van der Waals surface area contributed by atoms with Gasteiger partial charge in [-0.2, -0.15) is 0 Å². The molecular weight excluding hydrogens is 327 g/mol. The summed E-state index contributed by atoms with van der Waals surface area (Å²) in [5, 5.41) is 0. The number of halogens is 1. The maximum atomic E-state index is 12.3. The normalized spacial score (nSPS) is 16.2. The highest BCUT2D eigenvalue weighted by Crippen LogP contribution is 2.21. The first-order valence-corrected chi connectivity index (χ1v) is 6.79. The Morgan fingerprint density at radius 3 is 2.65 bits per heavy atom. The fourth-order valence-corrected chi connectivity index (χ4v) is 2.52. The van der Waals surface area contributed by atoms with Gasteiger partial charge in [0.05, 0.1) is 5.56 Å². The van der Waals surface area contributed by atoms with Gasteiger partial charge in [-0.3, -0.25) is 4.79 Å². The van der Waals surface area contributed by atoms with Crippen LogP contribution in [0.1, 0.15) is 15.9 Å². The van der Waals surface area contributed by atoms with Crippen LogP contribution in [-0.2, 0) is 0 Å². The van der Waals surface area contributed by atoms with E-state index < -0.39 is 0 Å². The van der Waals surface area contributed by atoms with E-state index in [-0.39, 0.29) is 5.91 Å². The SMILES string of the molecule is Cc1cccc(C(=O)N2CC(N(C)C)C2)c1I. The molecule has 0 bridgehead atoms. The van der Waals surface area contributed by atoms with Gasteiger partial charge in [-0.05, 0) is 55.2 Å². The van der Waals surface area contributed by atoms with Crippen molar-refractivity contribution in [2.75, 3.05) is 27.2 Å². The van der Waals surface area contributed by atoms with Gasteiger partial charge in [-0.15, -0.1) is 0 Å². The minimum Gasteiger partial charge on any atom is -0.335 e. The molecule has 1 aliphatic heterocycles. The van der Waals surface area contributed by atoms with E-state index in [1.807, 2.05) is 30.0 Å². The molecule has 92 valence electrons. The third kappa shape index (κ3) is 2.47. The molecule has 0 atom stereocenters. The molecule has 1 heterocycles. The van der Waals surface area contributed by atoms with E-state index in [0.717, 1.165) is 22.2 Å². The van der Waals surface area contributed by atoms with Gasteiger partial charge in [0, 0.05) is 22.7 Å². The van der Waals surface area contributed by atoms with Crippen LogP contribution in [0.25, 0.3) is 0 Å². The van der Waals surface area contributed by atoms with Gasteiger partial charge in [0.2, 0.25) is 0 Å². The smallest absolute Gasteiger partial charge is 0.255 e. The van der Waals surface area contributed by atoms with Crippen molar-refractivity contribution < 1.29 is 4.79 Å². The van der Waals surface area contributed by atoms with Crippen LogP contribution < -0.4 is 0 Å². The molecule has 1 fully saturated rings. The number of nitrogens with zero attached hydrogens (tertiary/aromatic N) is 2. The molecule has 3 nitrogen and oxygen atoms in total. The summed E-state index contributed by atoms with van der Waals surface area (Å²) < 4.78 is 1.07. The van der Waals surface area contributed by atoms with E-state index in [1.54, 1.807) is 0 Å². The fraction of sp³-hybridized carbons (Fsp3) is 0.462. The Balaban J connectivity index is 2.09. The molecule has 0 unspecified atom stereocenters. The Morgan fingerprint density at radius 1 is 1.41 bits per heavy atom. The number of aryl methyl sites for hydroxylation is 1. The van der Waals surface area contributed by atoms with Crippen LogP contribution in [0.2, 0.25) is 0 Å². The molecule has 0 saturated carbocycles. The summed E-state index contributed by atoms with van der Waals surface area (Å²) in [7, 11) is 4.12. The Kier molecular flexibility index (Phi) is 3.73. The number of benzene rings is 1. The lowest BCUT2D eigenvalue weighted by molar-refractivity contribution is 0.0398. The van der Waals surface area contributed by atoms with Gasteiger partial charge in [0.25, 0.3) is 5.91 Å². The summed E-state index contributed by atoms with van der Waals surface area (Å²) in [5.41, 5.74) is 2.00. The number of hydrogen-bond acceptors (Lipinski definition) is 2. The van der Waals surface area contributed by atoms with Crippen molar-refractivity contribution in [3.05, 3.63) is 32.9 Å². The largest absolute Gasteiger partial charge is 0.335 e. The Hall–Kier alpha value is -0.620. The number of rotatable bonds is 2. The lowest BCUT2D eigenvalue weighted by Gasteiger charge is -2.42. The molecule has 1 amide bonds. The maximum Gasteiger partial charge on any atom is 0.255 e. The van der Waals surface area contributed by atoms with Gasteiger partial charge in [0.15, 0.2) is 0 Å². The summed E-state index contributed by atoms with van der Waals surface area (Å²) in [5.74, 6) is 0.163.